The number of hydrogen-bond donors (Lipinski definition) is 1. The number of likely N-dealkylation sites (tertiary alicyclic amines) is 2. The Morgan fingerprint density at radius 1 is 1.11 bits per heavy atom. The van der Waals surface area contributed by atoms with E-state index < -0.39 is 0 Å². The van der Waals surface area contributed by atoms with E-state index in [0.717, 1.165) is 74.4 Å². The average Bonchev–Trinajstić information content (AvgIpc) is 3.49. The molecule has 0 saturated carbocycles. The third kappa shape index (κ3) is 5.13. The van der Waals surface area contributed by atoms with Gasteiger partial charge in [0.15, 0.2) is 0 Å². The molecule has 1 aromatic carbocycles. The summed E-state index contributed by atoms with van der Waals surface area (Å²) in [5.74, 6) is 2.21. The number of fused-ring (bicyclic) bond motifs is 2. The Kier molecular flexibility index (Phi) is 7.18. The molecule has 1 amide bonds. The molecule has 3 unspecified atom stereocenters. The molecule has 4 aliphatic rings. The fourth-order valence-corrected chi connectivity index (χ4v) is 6.91. The quantitative estimate of drug-likeness (QED) is 0.560. The third-order valence-electron chi connectivity index (χ3n) is 9.10. The molecule has 3 atom stereocenters. The molecule has 6 nitrogen and oxygen atoms in total. The Labute approximate surface area is 220 Å². The molecule has 2 saturated heterocycles. The zero-order valence-corrected chi connectivity index (χ0v) is 22.1. The van der Waals surface area contributed by atoms with Gasteiger partial charge in [-0.05, 0) is 81.3 Å². The van der Waals surface area contributed by atoms with E-state index in [0.29, 0.717) is 23.7 Å². The second-order valence-corrected chi connectivity index (χ2v) is 11.3. The summed E-state index contributed by atoms with van der Waals surface area (Å²) in [6.45, 7) is 4.26. The number of H-pyrrole nitrogens is 1. The van der Waals surface area contributed by atoms with Crippen molar-refractivity contribution in [1.82, 2.24) is 14.8 Å². The molecule has 1 N–H and O–H groups in total. The zero-order chi connectivity index (χ0) is 25.2. The summed E-state index contributed by atoms with van der Waals surface area (Å²) in [5.41, 5.74) is 3.19. The van der Waals surface area contributed by atoms with Crippen LogP contribution in [0.5, 0.6) is 5.75 Å². The van der Waals surface area contributed by atoms with E-state index in [-0.39, 0.29) is 5.91 Å². The molecule has 196 valence electrons. The summed E-state index contributed by atoms with van der Waals surface area (Å²) in [6, 6.07) is 8.65. The number of aromatic amines is 1. The van der Waals surface area contributed by atoms with Crippen molar-refractivity contribution in [2.45, 2.75) is 63.5 Å². The van der Waals surface area contributed by atoms with Crippen LogP contribution in [-0.2, 0) is 0 Å². The molecular formula is C31H40N4O2. The van der Waals surface area contributed by atoms with Gasteiger partial charge in [0.1, 0.15) is 11.4 Å². The summed E-state index contributed by atoms with van der Waals surface area (Å²) in [7, 11) is 1.67. The highest BCUT2D eigenvalue weighted by Gasteiger charge is 2.35. The van der Waals surface area contributed by atoms with Crippen molar-refractivity contribution in [3.05, 3.63) is 53.8 Å². The van der Waals surface area contributed by atoms with Gasteiger partial charge in [-0.25, -0.2) is 0 Å². The highest BCUT2D eigenvalue weighted by Crippen LogP contribution is 2.37. The first kappa shape index (κ1) is 24.5. The second-order valence-electron chi connectivity index (χ2n) is 11.3. The lowest BCUT2D eigenvalue weighted by Crippen LogP contribution is -2.43. The Morgan fingerprint density at radius 3 is 2.86 bits per heavy atom. The Bertz CT molecular complexity index is 1200. The van der Waals surface area contributed by atoms with Crippen LogP contribution in [0, 0.1) is 11.8 Å². The van der Waals surface area contributed by atoms with E-state index in [2.05, 4.69) is 39.2 Å². The number of nitrogens with one attached hydrogen (secondary N) is 1. The van der Waals surface area contributed by atoms with Crippen molar-refractivity contribution in [2.75, 3.05) is 33.3 Å². The maximum Gasteiger partial charge on any atom is 0.270 e. The first-order chi connectivity index (χ1) is 18.2. The molecule has 2 aromatic rings. The summed E-state index contributed by atoms with van der Waals surface area (Å²) in [5, 5.41) is 1.05. The van der Waals surface area contributed by atoms with Crippen LogP contribution in [0.1, 0.15) is 61.9 Å². The molecule has 1 aromatic heterocycles. The number of rotatable bonds is 6. The lowest BCUT2D eigenvalue weighted by molar-refractivity contribution is 0.0646. The predicted molar refractivity (Wildman–Crippen MR) is 150 cm³/mol. The predicted octanol–water partition coefficient (Wildman–Crippen LogP) is 5.62. The molecular weight excluding hydrogens is 460 g/mol. The molecule has 0 bridgehead atoms. The number of aliphatic imine (C=N–C) groups is 1. The monoisotopic (exact) mass is 500 g/mol. The van der Waals surface area contributed by atoms with Gasteiger partial charge in [-0.3, -0.25) is 9.79 Å². The molecule has 0 spiro atoms. The SMILES string of the molecule is COc1ccc2cc(C(=O)N3CCCCCC3CCN3CCC(C4C=NC5CC=CC=C54)CC3)[nH]c2c1. The molecule has 6 heteroatoms. The molecule has 4 heterocycles. The number of carbonyl (C=O) groups excluding carboxylic acids is 1. The smallest absolute Gasteiger partial charge is 0.270 e. The number of ether oxygens (including phenoxy) is 1. The molecule has 1 aliphatic carbocycles. The Morgan fingerprint density at radius 2 is 2.00 bits per heavy atom. The number of allylic oxidation sites excluding steroid dienone is 2. The normalized spacial score (nSPS) is 26.8. The van der Waals surface area contributed by atoms with Crippen LogP contribution in [0.25, 0.3) is 10.9 Å². The van der Waals surface area contributed by atoms with Crippen molar-refractivity contribution >= 4 is 23.0 Å². The van der Waals surface area contributed by atoms with Gasteiger partial charge in [-0.2, -0.15) is 0 Å². The van der Waals surface area contributed by atoms with Crippen molar-refractivity contribution in [1.29, 1.82) is 0 Å². The Hall–Kier alpha value is -2.86. The van der Waals surface area contributed by atoms with Gasteiger partial charge in [-0.15, -0.1) is 0 Å². The van der Waals surface area contributed by atoms with Gasteiger partial charge in [-0.1, -0.05) is 31.1 Å². The van der Waals surface area contributed by atoms with Crippen molar-refractivity contribution in [2.24, 2.45) is 16.8 Å². The molecule has 6 rings (SSSR count). The fraction of sp³-hybridized carbons (Fsp3) is 0.548. The molecule has 3 aliphatic heterocycles. The van der Waals surface area contributed by atoms with E-state index in [1.165, 1.54) is 25.7 Å². The van der Waals surface area contributed by atoms with Crippen LogP contribution < -0.4 is 4.74 Å². The summed E-state index contributed by atoms with van der Waals surface area (Å²) in [6.07, 6.45) is 18.3. The molecule has 0 radical (unpaired) electrons. The van der Waals surface area contributed by atoms with Crippen LogP contribution in [0.15, 0.2) is 53.1 Å². The van der Waals surface area contributed by atoms with Gasteiger partial charge in [0.05, 0.1) is 13.2 Å². The van der Waals surface area contributed by atoms with Crippen LogP contribution in [0.3, 0.4) is 0 Å². The van der Waals surface area contributed by atoms with Crippen LogP contribution >= 0.6 is 0 Å². The summed E-state index contributed by atoms with van der Waals surface area (Å²) in [4.78, 5) is 26.6. The summed E-state index contributed by atoms with van der Waals surface area (Å²) >= 11 is 0. The van der Waals surface area contributed by atoms with Crippen molar-refractivity contribution in [3.8, 4) is 5.75 Å². The first-order valence-corrected chi connectivity index (χ1v) is 14.3. The second kappa shape index (κ2) is 10.9. The highest BCUT2D eigenvalue weighted by molar-refractivity contribution is 5.98. The number of nitrogens with zero attached hydrogens (tertiary/aromatic N) is 3. The van der Waals surface area contributed by atoms with E-state index >= 15 is 0 Å². The van der Waals surface area contributed by atoms with Crippen molar-refractivity contribution in [3.63, 3.8) is 0 Å². The average molecular weight is 501 g/mol. The van der Waals surface area contributed by atoms with Gasteiger partial charge in [0, 0.05) is 48.2 Å². The number of carbonyl (C=O) groups is 1. The minimum Gasteiger partial charge on any atom is -0.497 e. The number of aromatic nitrogens is 1. The lowest BCUT2D eigenvalue weighted by Gasteiger charge is -2.37. The fourth-order valence-electron chi connectivity index (χ4n) is 6.91. The van der Waals surface area contributed by atoms with Gasteiger partial charge in [0.25, 0.3) is 5.91 Å². The first-order valence-electron chi connectivity index (χ1n) is 14.3. The highest BCUT2D eigenvalue weighted by atomic mass is 16.5. The minimum absolute atomic E-state index is 0.144. The Balaban J connectivity index is 1.07. The maximum atomic E-state index is 13.7. The third-order valence-corrected chi connectivity index (χ3v) is 9.10. The van der Waals surface area contributed by atoms with Crippen LogP contribution in [0.4, 0.5) is 0 Å². The van der Waals surface area contributed by atoms with E-state index in [1.807, 2.05) is 24.3 Å². The largest absolute Gasteiger partial charge is 0.497 e. The van der Waals surface area contributed by atoms with Crippen LogP contribution in [0.2, 0.25) is 0 Å². The standard InChI is InChI=1S/C31H40N4O2/c1-37-25-11-10-23-19-30(33-29(23)20-25)31(36)35-15-6-2-3-7-24(35)14-18-34-16-12-22(13-17-34)27-21-32-28-9-5-4-8-26(27)28/h4-5,8,10-11,19-22,24,27-28,33H,2-3,6-7,9,12-18H2,1H3. The summed E-state index contributed by atoms with van der Waals surface area (Å²) < 4.78 is 5.36. The van der Waals surface area contributed by atoms with Gasteiger partial charge >= 0.3 is 0 Å². The number of benzene rings is 1. The van der Waals surface area contributed by atoms with E-state index in [1.54, 1.807) is 12.7 Å². The maximum absolute atomic E-state index is 13.7. The van der Waals surface area contributed by atoms with E-state index in [9.17, 15) is 4.79 Å². The molecule has 37 heavy (non-hydrogen) atoms. The van der Waals surface area contributed by atoms with Crippen LogP contribution in [-0.4, -0.2) is 72.3 Å². The van der Waals surface area contributed by atoms with E-state index in [4.69, 9.17) is 9.73 Å². The number of hydrogen-bond acceptors (Lipinski definition) is 4. The lowest BCUT2D eigenvalue weighted by atomic mass is 9.78. The molecule has 2 fully saturated rings. The number of piperidine rings is 1. The van der Waals surface area contributed by atoms with Gasteiger partial charge < -0.3 is 19.5 Å². The number of amides is 1. The van der Waals surface area contributed by atoms with Crippen molar-refractivity contribution < 1.29 is 9.53 Å². The zero-order valence-electron chi connectivity index (χ0n) is 22.1. The minimum atomic E-state index is 0.144. The number of methoxy groups -OCH3 is 1. The van der Waals surface area contributed by atoms with Gasteiger partial charge in [0.2, 0.25) is 0 Å². The topological polar surface area (TPSA) is 60.9 Å².